The van der Waals surface area contributed by atoms with Gasteiger partial charge in [-0.15, -0.1) is 0 Å². The molecule has 0 spiro atoms. The smallest absolute Gasteiger partial charge is 0.265 e. The fraction of sp³-hybridized carbons (Fsp3) is 0.222. The molecule has 0 saturated carbocycles. The van der Waals surface area contributed by atoms with Gasteiger partial charge >= 0.3 is 0 Å². The van der Waals surface area contributed by atoms with E-state index in [4.69, 9.17) is 4.74 Å². The molecule has 5 nitrogen and oxygen atoms in total. The van der Waals surface area contributed by atoms with Crippen molar-refractivity contribution in [3.8, 4) is 5.75 Å². The minimum atomic E-state index is -1.06. The van der Waals surface area contributed by atoms with Crippen molar-refractivity contribution in [1.29, 1.82) is 0 Å². The average Bonchev–Trinajstić information content (AvgIpc) is 2.54. The molecule has 0 radical (unpaired) electrons. The Bertz CT molecular complexity index is 854. The fourth-order valence-electron chi connectivity index (χ4n) is 2.69. The molecule has 1 N–H and O–H groups in total. The lowest BCUT2D eigenvalue weighted by Crippen LogP contribution is -2.59. The summed E-state index contributed by atoms with van der Waals surface area (Å²) in [5.41, 5.74) is 0.122. The molecule has 7 heteroatoms. The molecule has 0 aliphatic carbocycles. The predicted octanol–water partition coefficient (Wildman–Crippen LogP) is 3.73. The Morgan fingerprint density at radius 2 is 2.00 bits per heavy atom. The minimum Gasteiger partial charge on any atom is -0.483 e. The van der Waals surface area contributed by atoms with Crippen LogP contribution in [0.3, 0.4) is 0 Å². The van der Waals surface area contributed by atoms with Gasteiger partial charge in [-0.05, 0) is 60.1 Å². The second-order valence-electron chi connectivity index (χ2n) is 6.12. The molecule has 25 heavy (non-hydrogen) atoms. The summed E-state index contributed by atoms with van der Waals surface area (Å²) in [6.07, 6.45) is 0. The summed E-state index contributed by atoms with van der Waals surface area (Å²) in [5.74, 6) is -0.707. The van der Waals surface area contributed by atoms with Crippen LogP contribution >= 0.6 is 15.9 Å². The highest BCUT2D eigenvalue weighted by molar-refractivity contribution is 9.10. The highest BCUT2D eigenvalue weighted by atomic mass is 79.9. The van der Waals surface area contributed by atoms with Gasteiger partial charge in [-0.1, -0.05) is 12.1 Å². The van der Waals surface area contributed by atoms with E-state index in [9.17, 15) is 14.0 Å². The summed E-state index contributed by atoms with van der Waals surface area (Å²) in [6, 6.07) is 11.0. The molecular weight excluding hydrogens is 391 g/mol. The lowest BCUT2D eigenvalue weighted by atomic mass is 9.96. The van der Waals surface area contributed by atoms with Crippen molar-refractivity contribution in [2.75, 3.05) is 16.8 Å². The maximum Gasteiger partial charge on any atom is 0.265 e. The third-order valence-electron chi connectivity index (χ3n) is 4.00. The third kappa shape index (κ3) is 3.24. The molecule has 2 aromatic carbocycles. The van der Waals surface area contributed by atoms with Crippen molar-refractivity contribution in [1.82, 2.24) is 0 Å². The van der Waals surface area contributed by atoms with Crippen LogP contribution < -0.4 is 15.0 Å². The quantitative estimate of drug-likeness (QED) is 0.844. The molecule has 0 bridgehead atoms. The summed E-state index contributed by atoms with van der Waals surface area (Å²) in [5, 5.41) is 2.80. The summed E-state index contributed by atoms with van der Waals surface area (Å²) in [6.45, 7) is 3.06. The zero-order valence-electron chi connectivity index (χ0n) is 13.7. The standard InChI is InChI=1S/C18H16BrFN2O3/c1-18(2)17(24)21-13-5-3-4-6-14(13)22(18)16(23)10-25-15-8-7-11(20)9-12(15)19/h3-9H,10H2,1-2H3,(H,21,24). The van der Waals surface area contributed by atoms with Crippen molar-refractivity contribution in [3.63, 3.8) is 0 Å². The largest absolute Gasteiger partial charge is 0.483 e. The lowest BCUT2D eigenvalue weighted by Gasteiger charge is -2.41. The summed E-state index contributed by atoms with van der Waals surface area (Å²) >= 11 is 3.20. The highest BCUT2D eigenvalue weighted by Crippen LogP contribution is 2.36. The Kier molecular flexibility index (Phi) is 4.51. The summed E-state index contributed by atoms with van der Waals surface area (Å²) < 4.78 is 19.1. The Morgan fingerprint density at radius 3 is 2.72 bits per heavy atom. The van der Waals surface area contributed by atoms with E-state index in [1.54, 1.807) is 38.1 Å². The van der Waals surface area contributed by atoms with Gasteiger partial charge < -0.3 is 10.1 Å². The van der Waals surface area contributed by atoms with E-state index in [0.717, 1.165) is 0 Å². The van der Waals surface area contributed by atoms with E-state index in [2.05, 4.69) is 21.2 Å². The average molecular weight is 407 g/mol. The van der Waals surface area contributed by atoms with Crippen LogP contribution in [0.2, 0.25) is 0 Å². The number of benzene rings is 2. The summed E-state index contributed by atoms with van der Waals surface area (Å²) in [7, 11) is 0. The number of halogens is 2. The van der Waals surface area contributed by atoms with Crippen LogP contribution in [0.5, 0.6) is 5.75 Å². The first-order valence-electron chi connectivity index (χ1n) is 7.62. The SMILES string of the molecule is CC1(C)C(=O)Nc2ccccc2N1C(=O)COc1ccc(F)cc1Br. The molecule has 0 fully saturated rings. The molecule has 3 rings (SSSR count). The Morgan fingerprint density at radius 1 is 1.28 bits per heavy atom. The fourth-order valence-corrected chi connectivity index (χ4v) is 3.16. The van der Waals surface area contributed by atoms with Crippen LogP contribution in [0.1, 0.15) is 13.8 Å². The number of rotatable bonds is 3. The maximum atomic E-state index is 13.1. The minimum absolute atomic E-state index is 0.275. The Hall–Kier alpha value is -2.41. The first-order chi connectivity index (χ1) is 11.8. The second kappa shape index (κ2) is 6.48. The van der Waals surface area contributed by atoms with Crippen LogP contribution in [-0.2, 0) is 9.59 Å². The van der Waals surface area contributed by atoms with Crippen molar-refractivity contribution < 1.29 is 18.7 Å². The number of fused-ring (bicyclic) bond motifs is 1. The van der Waals surface area contributed by atoms with E-state index in [1.807, 2.05) is 0 Å². The van der Waals surface area contributed by atoms with Gasteiger partial charge in [-0.25, -0.2) is 4.39 Å². The number of hydrogen-bond acceptors (Lipinski definition) is 3. The van der Waals surface area contributed by atoms with Gasteiger partial charge in [-0.3, -0.25) is 14.5 Å². The van der Waals surface area contributed by atoms with Gasteiger partial charge in [0.2, 0.25) is 5.91 Å². The molecule has 0 aromatic heterocycles. The molecule has 130 valence electrons. The van der Waals surface area contributed by atoms with Crippen molar-refractivity contribution in [2.45, 2.75) is 19.4 Å². The number of carbonyl (C=O) groups is 2. The van der Waals surface area contributed by atoms with Gasteiger partial charge in [0, 0.05) is 0 Å². The molecule has 0 unspecified atom stereocenters. The molecule has 2 aromatic rings. The van der Waals surface area contributed by atoms with E-state index in [-0.39, 0.29) is 18.4 Å². The molecule has 1 heterocycles. The summed E-state index contributed by atoms with van der Waals surface area (Å²) in [4.78, 5) is 26.6. The normalized spacial score (nSPS) is 15.4. The van der Waals surface area contributed by atoms with E-state index in [1.165, 1.54) is 23.1 Å². The number of carbonyl (C=O) groups excluding carboxylic acids is 2. The molecule has 0 saturated heterocycles. The van der Waals surface area contributed by atoms with Gasteiger partial charge in [0.05, 0.1) is 15.8 Å². The number of para-hydroxylation sites is 2. The zero-order valence-corrected chi connectivity index (χ0v) is 15.3. The monoisotopic (exact) mass is 406 g/mol. The first kappa shape index (κ1) is 17.4. The second-order valence-corrected chi connectivity index (χ2v) is 6.98. The number of nitrogens with zero attached hydrogens (tertiary/aromatic N) is 1. The molecule has 2 amide bonds. The number of hydrogen-bond donors (Lipinski definition) is 1. The van der Waals surface area contributed by atoms with Crippen molar-refractivity contribution in [3.05, 3.63) is 52.8 Å². The van der Waals surface area contributed by atoms with Crippen LogP contribution in [0, 0.1) is 5.82 Å². The van der Waals surface area contributed by atoms with Crippen molar-refractivity contribution >= 4 is 39.1 Å². The van der Waals surface area contributed by atoms with Crippen LogP contribution in [-0.4, -0.2) is 24.0 Å². The molecule has 1 aliphatic rings. The maximum absolute atomic E-state index is 13.1. The van der Waals surface area contributed by atoms with Gasteiger partial charge in [0.15, 0.2) is 6.61 Å². The van der Waals surface area contributed by atoms with E-state index < -0.39 is 11.4 Å². The number of anilines is 2. The van der Waals surface area contributed by atoms with Crippen LogP contribution in [0.4, 0.5) is 15.8 Å². The number of nitrogens with one attached hydrogen (secondary N) is 1. The predicted molar refractivity (Wildman–Crippen MR) is 96.2 cm³/mol. The Labute approximate surface area is 152 Å². The lowest BCUT2D eigenvalue weighted by molar-refractivity contribution is -0.127. The molecular formula is C18H16BrFN2O3. The highest BCUT2D eigenvalue weighted by Gasteiger charge is 2.43. The molecule has 1 aliphatic heterocycles. The number of amides is 2. The van der Waals surface area contributed by atoms with Crippen molar-refractivity contribution in [2.24, 2.45) is 0 Å². The Balaban J connectivity index is 1.86. The zero-order chi connectivity index (χ0) is 18.2. The van der Waals surface area contributed by atoms with Gasteiger partial charge in [0.1, 0.15) is 17.1 Å². The van der Waals surface area contributed by atoms with Gasteiger partial charge in [-0.2, -0.15) is 0 Å². The first-order valence-corrected chi connectivity index (χ1v) is 8.41. The van der Waals surface area contributed by atoms with Gasteiger partial charge in [0.25, 0.3) is 5.91 Å². The molecule has 0 atom stereocenters. The van der Waals surface area contributed by atoms with Crippen LogP contribution in [0.15, 0.2) is 46.9 Å². The van der Waals surface area contributed by atoms with Crippen LogP contribution in [0.25, 0.3) is 0 Å². The topological polar surface area (TPSA) is 58.6 Å². The third-order valence-corrected chi connectivity index (χ3v) is 4.62. The van der Waals surface area contributed by atoms with E-state index >= 15 is 0 Å². The van der Waals surface area contributed by atoms with E-state index in [0.29, 0.717) is 21.6 Å². The number of ether oxygens (including phenoxy) is 1.